The Kier molecular flexibility index (Phi) is 2.51. The summed E-state index contributed by atoms with van der Waals surface area (Å²) in [6.07, 6.45) is 8.86. The summed E-state index contributed by atoms with van der Waals surface area (Å²) in [6, 6.07) is 5.00. The third-order valence-corrected chi connectivity index (χ3v) is 13.5. The van der Waals surface area contributed by atoms with Gasteiger partial charge in [0, 0.05) is 0 Å². The first kappa shape index (κ1) is 11.0. The number of hydrogen-bond donors (Lipinski definition) is 0. The van der Waals surface area contributed by atoms with Crippen molar-refractivity contribution >= 4 is 6.08 Å². The Morgan fingerprint density at radius 2 is 1.81 bits per heavy atom. The van der Waals surface area contributed by atoms with Crippen LogP contribution in [-0.2, 0) is 37.5 Å². The monoisotopic (exact) mass is 379 g/mol. The van der Waals surface area contributed by atoms with Gasteiger partial charge in [0.2, 0.25) is 0 Å². The average molecular weight is 378 g/mol. The van der Waals surface area contributed by atoms with Gasteiger partial charge in [-0.3, -0.25) is 0 Å². The summed E-state index contributed by atoms with van der Waals surface area (Å²) >= 11 is -1.41. The van der Waals surface area contributed by atoms with Gasteiger partial charge in [-0.05, 0) is 0 Å². The molecule has 1 atom stereocenters. The first-order chi connectivity index (χ1) is 7.61. The van der Waals surface area contributed by atoms with E-state index in [-0.39, 0.29) is 0 Å². The van der Waals surface area contributed by atoms with Crippen molar-refractivity contribution in [3.05, 3.63) is 40.5 Å². The van der Waals surface area contributed by atoms with E-state index >= 15 is 0 Å². The molecule has 0 saturated carbocycles. The molecule has 0 spiro atoms. The Balaban J connectivity index is 2.16. The van der Waals surface area contributed by atoms with Crippen LogP contribution in [0.5, 0.6) is 0 Å². The van der Waals surface area contributed by atoms with Crippen LogP contribution in [0.4, 0.5) is 0 Å². The molecule has 1 unspecified atom stereocenters. The summed E-state index contributed by atoms with van der Waals surface area (Å²) in [5.41, 5.74) is 6.43. The molecule has 1 aromatic rings. The van der Waals surface area contributed by atoms with Crippen molar-refractivity contribution in [1.29, 1.82) is 0 Å². The zero-order chi connectivity index (χ0) is 11.3. The molecule has 1 aromatic carbocycles. The molecule has 0 aliphatic heterocycles. The fourth-order valence-electron chi connectivity index (χ4n) is 3.01. The predicted molar refractivity (Wildman–Crippen MR) is 66.6 cm³/mol. The van der Waals surface area contributed by atoms with E-state index in [1.807, 2.05) is 0 Å². The minimum absolute atomic E-state index is 0.470. The molecule has 0 fully saturated rings. The molecule has 82 valence electrons. The van der Waals surface area contributed by atoms with Crippen molar-refractivity contribution < 1.29 is 21.4 Å². The number of fused-ring (bicyclic) bond motifs is 2. The Bertz CT molecular complexity index is 471. The predicted octanol–water partition coefficient (Wildman–Crippen LogP) is 4.13. The molecule has 0 radical (unpaired) electrons. The van der Waals surface area contributed by atoms with Gasteiger partial charge in [-0.2, -0.15) is 0 Å². The third kappa shape index (κ3) is 1.44. The Morgan fingerprint density at radius 3 is 2.50 bits per heavy atom. The standard InChI is InChI=1S/C13H13.2CH3.Hf/c1-9-5-6-12-7-10-3-2-4-11(10)8-13(9)12;;;/h5-8H,2-4H2,1H3;2*1H3;/q;;;+1. The van der Waals surface area contributed by atoms with Crippen molar-refractivity contribution in [2.24, 2.45) is 0 Å². The summed E-state index contributed by atoms with van der Waals surface area (Å²) in [4.78, 5) is 0. The molecule has 2 aliphatic carbocycles. The van der Waals surface area contributed by atoms with Crippen LogP contribution in [0.3, 0.4) is 0 Å². The Hall–Kier alpha value is -0.170. The molecule has 0 bridgehead atoms. The van der Waals surface area contributed by atoms with E-state index in [4.69, 9.17) is 0 Å². The normalized spacial score (nSPS) is 25.7. The van der Waals surface area contributed by atoms with Crippen molar-refractivity contribution in [2.75, 3.05) is 0 Å². The van der Waals surface area contributed by atoms with E-state index in [1.54, 1.807) is 16.7 Å². The molecule has 0 saturated heterocycles. The molecule has 16 heavy (non-hydrogen) atoms. The first-order valence-electron chi connectivity index (χ1n) is 6.27. The summed E-state index contributed by atoms with van der Waals surface area (Å²) in [7, 11) is 0. The fraction of sp³-hybridized carbons (Fsp3) is 0.467. The van der Waals surface area contributed by atoms with Gasteiger partial charge >= 0.3 is 107 Å². The second kappa shape index (κ2) is 3.66. The van der Waals surface area contributed by atoms with E-state index < -0.39 is 21.4 Å². The van der Waals surface area contributed by atoms with Crippen LogP contribution in [0.1, 0.15) is 35.6 Å². The van der Waals surface area contributed by atoms with Crippen LogP contribution >= 0.6 is 0 Å². The molecule has 0 aromatic heterocycles. The molecule has 1 heteroatoms. The van der Waals surface area contributed by atoms with Crippen LogP contribution in [0.25, 0.3) is 6.08 Å². The van der Waals surface area contributed by atoms with Crippen molar-refractivity contribution in [1.82, 2.24) is 0 Å². The zero-order valence-corrected chi connectivity index (χ0v) is 14.0. The fourth-order valence-corrected chi connectivity index (χ4v) is 7.22. The van der Waals surface area contributed by atoms with Gasteiger partial charge in [-0.1, -0.05) is 0 Å². The molecule has 0 nitrogen and oxygen atoms in total. The zero-order valence-electron chi connectivity index (χ0n) is 10.4. The molecule has 0 N–H and O–H groups in total. The average Bonchev–Trinajstić information content (AvgIpc) is 2.82. The topological polar surface area (TPSA) is 0 Å². The summed E-state index contributed by atoms with van der Waals surface area (Å²) in [5.74, 6) is 0. The minimum atomic E-state index is -1.41. The molecule has 3 rings (SSSR count). The van der Waals surface area contributed by atoms with Gasteiger partial charge in [0.25, 0.3) is 0 Å². The Labute approximate surface area is 106 Å². The van der Waals surface area contributed by atoms with Crippen LogP contribution in [-0.4, -0.2) is 0 Å². The number of hydrogen-bond acceptors (Lipinski definition) is 0. The van der Waals surface area contributed by atoms with Crippen LogP contribution in [0.2, 0.25) is 9.36 Å². The molecular weight excluding hydrogens is 359 g/mol. The van der Waals surface area contributed by atoms with Crippen LogP contribution < -0.4 is 0 Å². The third-order valence-electron chi connectivity index (χ3n) is 4.46. The molecule has 0 heterocycles. The van der Waals surface area contributed by atoms with Gasteiger partial charge in [0.15, 0.2) is 0 Å². The van der Waals surface area contributed by atoms with Crippen molar-refractivity contribution in [3.8, 4) is 0 Å². The number of rotatable bonds is 1. The quantitative estimate of drug-likeness (QED) is 0.645. The number of allylic oxidation sites excluding steroid dienone is 1. The molecular formula is C15H19Hf+. The van der Waals surface area contributed by atoms with E-state index in [0.717, 1.165) is 0 Å². The number of aryl methyl sites for hydroxylation is 2. The number of benzene rings is 1. The van der Waals surface area contributed by atoms with E-state index in [0.29, 0.717) is 3.17 Å². The van der Waals surface area contributed by atoms with Crippen LogP contribution in [0, 0.1) is 0 Å². The molecule has 0 amide bonds. The van der Waals surface area contributed by atoms with Gasteiger partial charge in [-0.25, -0.2) is 0 Å². The van der Waals surface area contributed by atoms with Gasteiger partial charge in [0.05, 0.1) is 0 Å². The van der Waals surface area contributed by atoms with E-state index in [2.05, 4.69) is 40.6 Å². The van der Waals surface area contributed by atoms with Crippen molar-refractivity contribution in [2.45, 2.75) is 38.7 Å². The Morgan fingerprint density at radius 1 is 1.12 bits per heavy atom. The van der Waals surface area contributed by atoms with Gasteiger partial charge < -0.3 is 0 Å². The molecule has 2 aliphatic rings. The second-order valence-electron chi connectivity index (χ2n) is 5.60. The summed E-state index contributed by atoms with van der Waals surface area (Å²) < 4.78 is 5.55. The SMILES string of the molecule is [CH3][Hf+]([CH3])[C]1(C)C=Cc2cc3c(cc21)CCC3. The van der Waals surface area contributed by atoms with Gasteiger partial charge in [-0.15, -0.1) is 0 Å². The maximum atomic E-state index is 2.54. The summed E-state index contributed by atoms with van der Waals surface area (Å²) in [5, 5.41) is 0. The summed E-state index contributed by atoms with van der Waals surface area (Å²) in [6.45, 7) is 2.47. The van der Waals surface area contributed by atoms with Gasteiger partial charge in [0.1, 0.15) is 0 Å². The second-order valence-corrected chi connectivity index (χ2v) is 16.5. The van der Waals surface area contributed by atoms with E-state index in [9.17, 15) is 0 Å². The first-order valence-corrected chi connectivity index (χ1v) is 15.3. The maximum absolute atomic E-state index is 2.54. The van der Waals surface area contributed by atoms with Crippen molar-refractivity contribution in [3.63, 3.8) is 0 Å². The van der Waals surface area contributed by atoms with Crippen LogP contribution in [0.15, 0.2) is 18.2 Å². The van der Waals surface area contributed by atoms with E-state index in [1.165, 1.54) is 24.8 Å².